The monoisotopic (exact) mass is 632 g/mol. The molecule has 1 unspecified atom stereocenters. The van der Waals surface area contributed by atoms with Crippen molar-refractivity contribution in [3.8, 4) is 5.75 Å². The smallest absolute Gasteiger partial charge is 0.303 e. The van der Waals surface area contributed by atoms with Crippen LogP contribution in [0.3, 0.4) is 0 Å². The average Bonchev–Trinajstić information content (AvgIpc) is 2.95. The third-order valence-corrected chi connectivity index (χ3v) is 8.87. The van der Waals surface area contributed by atoms with Crippen LogP contribution in [-0.4, -0.2) is 71.6 Å². The molecule has 2 rings (SSSR count). The van der Waals surface area contributed by atoms with Gasteiger partial charge in [-0.25, -0.2) is 8.42 Å². The van der Waals surface area contributed by atoms with E-state index in [-0.39, 0.29) is 47.7 Å². The highest BCUT2D eigenvalue weighted by Crippen LogP contribution is 2.20. The summed E-state index contributed by atoms with van der Waals surface area (Å²) in [6.45, 7) is 5.98. The SMILES string of the molecule is CC(=O)c1cc(C[C@H](N)C(=O)N[C@H](C(=O)N[C@@H](C)C(=O)NC(CCCC(=O)O)S(=O)(=O)c2ccccc2)C(C)C)ccc1O. The number of amides is 3. The van der Waals surface area contributed by atoms with Crippen LogP contribution in [0.4, 0.5) is 0 Å². The largest absolute Gasteiger partial charge is 0.507 e. The molecule has 4 atom stereocenters. The van der Waals surface area contributed by atoms with Crippen LogP contribution < -0.4 is 21.7 Å². The van der Waals surface area contributed by atoms with Crippen LogP contribution >= 0.6 is 0 Å². The molecule has 3 amide bonds. The highest BCUT2D eigenvalue weighted by atomic mass is 32.2. The summed E-state index contributed by atoms with van der Waals surface area (Å²) >= 11 is 0. The molecule has 13 nitrogen and oxygen atoms in total. The third-order valence-electron chi connectivity index (χ3n) is 6.84. The van der Waals surface area contributed by atoms with E-state index in [9.17, 15) is 37.5 Å². The fourth-order valence-corrected chi connectivity index (χ4v) is 5.92. The van der Waals surface area contributed by atoms with Gasteiger partial charge >= 0.3 is 5.97 Å². The summed E-state index contributed by atoms with van der Waals surface area (Å²) in [5, 5.41) is 24.9. The van der Waals surface area contributed by atoms with E-state index in [1.54, 1.807) is 19.9 Å². The molecule has 0 radical (unpaired) electrons. The zero-order chi connectivity index (χ0) is 33.2. The molecule has 0 saturated heterocycles. The van der Waals surface area contributed by atoms with E-state index in [0.29, 0.717) is 5.56 Å². The van der Waals surface area contributed by atoms with E-state index in [4.69, 9.17) is 10.8 Å². The Kier molecular flexibility index (Phi) is 13.0. The molecular formula is C30H40N4O9S. The molecule has 0 aromatic heterocycles. The molecule has 2 aromatic rings. The minimum atomic E-state index is -4.09. The van der Waals surface area contributed by atoms with E-state index >= 15 is 0 Å². The van der Waals surface area contributed by atoms with Crippen LogP contribution in [-0.2, 0) is 35.4 Å². The highest BCUT2D eigenvalue weighted by Gasteiger charge is 2.32. The number of rotatable bonds is 16. The molecule has 0 saturated carbocycles. The van der Waals surface area contributed by atoms with Crippen LogP contribution in [0.5, 0.6) is 5.75 Å². The maximum atomic E-state index is 13.2. The first-order chi connectivity index (χ1) is 20.5. The standard InChI is InChI=1S/C30H40N4O9S/c1-17(2)27(34-29(40)23(31)16-20-13-14-24(36)22(15-20)19(4)35)30(41)32-18(3)28(39)33-25(11-8-12-26(37)38)44(42,43)21-9-6-5-7-10-21/h5-7,9-10,13-15,17-18,23,25,27,36H,8,11-12,16,31H2,1-4H3,(H,32,41)(H,33,39)(H,34,40)(H,37,38)/t18-,23-,25?,27-/m0/s1. The van der Waals surface area contributed by atoms with E-state index in [1.807, 2.05) is 0 Å². The van der Waals surface area contributed by atoms with Gasteiger partial charge in [-0.15, -0.1) is 0 Å². The molecule has 44 heavy (non-hydrogen) atoms. The van der Waals surface area contributed by atoms with Crippen LogP contribution in [0.1, 0.15) is 62.9 Å². The minimum Gasteiger partial charge on any atom is -0.507 e. The quantitative estimate of drug-likeness (QED) is 0.145. The highest BCUT2D eigenvalue weighted by molar-refractivity contribution is 7.92. The Morgan fingerprint density at radius 2 is 1.52 bits per heavy atom. The number of sulfone groups is 1. The number of carbonyl (C=O) groups is 5. The number of nitrogens with one attached hydrogen (secondary N) is 3. The van der Waals surface area contributed by atoms with Crippen molar-refractivity contribution in [3.63, 3.8) is 0 Å². The lowest BCUT2D eigenvalue weighted by atomic mass is 9.99. The predicted molar refractivity (Wildman–Crippen MR) is 161 cm³/mol. The van der Waals surface area contributed by atoms with Crippen LogP contribution in [0.25, 0.3) is 0 Å². The van der Waals surface area contributed by atoms with Gasteiger partial charge in [0.05, 0.1) is 16.5 Å². The summed E-state index contributed by atoms with van der Waals surface area (Å²) in [5.74, 6) is -4.29. The van der Waals surface area contributed by atoms with Gasteiger partial charge in [0.15, 0.2) is 15.6 Å². The molecule has 7 N–H and O–H groups in total. The number of Topliss-reactive ketones (excluding diaryl/α,β-unsaturated/α-hetero) is 1. The van der Waals surface area contributed by atoms with Crippen molar-refractivity contribution in [1.29, 1.82) is 0 Å². The Labute approximate surface area is 256 Å². The van der Waals surface area contributed by atoms with Gasteiger partial charge in [-0.2, -0.15) is 0 Å². The topological polar surface area (TPSA) is 222 Å². The fourth-order valence-electron chi connectivity index (χ4n) is 4.30. The molecule has 14 heteroatoms. The molecule has 0 bridgehead atoms. The van der Waals surface area contributed by atoms with Gasteiger partial charge in [-0.3, -0.25) is 24.0 Å². The van der Waals surface area contributed by atoms with Crippen molar-refractivity contribution in [3.05, 3.63) is 59.7 Å². The van der Waals surface area contributed by atoms with Crippen molar-refractivity contribution < 1.29 is 42.6 Å². The van der Waals surface area contributed by atoms with Crippen molar-refractivity contribution in [2.24, 2.45) is 11.7 Å². The molecular weight excluding hydrogens is 592 g/mol. The fraction of sp³-hybridized carbons (Fsp3) is 0.433. The lowest BCUT2D eigenvalue weighted by Gasteiger charge is -2.26. The number of carboxylic acid groups (broad SMARTS) is 1. The Balaban J connectivity index is 2.10. The van der Waals surface area contributed by atoms with Crippen LogP contribution in [0.15, 0.2) is 53.4 Å². The first-order valence-corrected chi connectivity index (χ1v) is 15.6. The number of phenols is 1. The van der Waals surface area contributed by atoms with Gasteiger partial charge in [0.25, 0.3) is 0 Å². The average molecular weight is 633 g/mol. The maximum Gasteiger partial charge on any atom is 0.303 e. The third kappa shape index (κ3) is 10.2. The van der Waals surface area contributed by atoms with E-state index < -0.39 is 62.9 Å². The number of aromatic hydroxyl groups is 1. The number of carboxylic acids is 1. The van der Waals surface area contributed by atoms with Crippen molar-refractivity contribution in [2.45, 2.75) is 81.8 Å². The number of carbonyl (C=O) groups excluding carboxylic acids is 4. The summed E-state index contributed by atoms with van der Waals surface area (Å²) in [6, 6.07) is 8.25. The zero-order valence-electron chi connectivity index (χ0n) is 25.1. The normalized spacial score (nSPS) is 14.1. The second-order valence-electron chi connectivity index (χ2n) is 10.8. The van der Waals surface area contributed by atoms with E-state index in [0.717, 1.165) is 0 Å². The Hall–Kier alpha value is -4.30. The number of benzene rings is 2. The summed E-state index contributed by atoms with van der Waals surface area (Å²) in [6.07, 6.45) is -0.481. The Morgan fingerprint density at radius 3 is 2.09 bits per heavy atom. The number of aliphatic carboxylic acids is 1. The summed E-state index contributed by atoms with van der Waals surface area (Å²) in [4.78, 5) is 61.7. The number of phenolic OH excluding ortho intramolecular Hbond substituents is 1. The van der Waals surface area contributed by atoms with E-state index in [2.05, 4.69) is 16.0 Å². The first kappa shape index (κ1) is 35.9. The molecule has 0 heterocycles. The predicted octanol–water partition coefficient (Wildman–Crippen LogP) is 1.28. The summed E-state index contributed by atoms with van der Waals surface area (Å²) in [7, 11) is -4.09. The van der Waals surface area contributed by atoms with Gasteiger partial charge in [0.1, 0.15) is 23.2 Å². The second-order valence-corrected chi connectivity index (χ2v) is 13.0. The lowest BCUT2D eigenvalue weighted by molar-refractivity contribution is -0.137. The van der Waals surface area contributed by atoms with Gasteiger partial charge in [-0.1, -0.05) is 38.1 Å². The Morgan fingerprint density at radius 1 is 0.886 bits per heavy atom. The Bertz CT molecular complexity index is 1460. The summed E-state index contributed by atoms with van der Waals surface area (Å²) < 4.78 is 26.5. The molecule has 0 fully saturated rings. The number of hydrogen-bond donors (Lipinski definition) is 6. The van der Waals surface area contributed by atoms with Gasteiger partial charge in [0, 0.05) is 6.42 Å². The molecule has 0 aliphatic heterocycles. The van der Waals surface area contributed by atoms with Gasteiger partial charge < -0.3 is 31.9 Å². The van der Waals surface area contributed by atoms with Gasteiger partial charge in [0.2, 0.25) is 17.7 Å². The van der Waals surface area contributed by atoms with Crippen molar-refractivity contribution >= 4 is 39.3 Å². The molecule has 0 aliphatic carbocycles. The van der Waals surface area contributed by atoms with Crippen molar-refractivity contribution in [2.75, 3.05) is 0 Å². The van der Waals surface area contributed by atoms with Crippen LogP contribution in [0.2, 0.25) is 0 Å². The molecule has 0 aliphatic rings. The van der Waals surface area contributed by atoms with Crippen molar-refractivity contribution in [1.82, 2.24) is 16.0 Å². The second kappa shape index (κ2) is 16.0. The maximum absolute atomic E-state index is 13.2. The minimum absolute atomic E-state index is 0.0107. The number of ketones is 1. The molecule has 240 valence electrons. The van der Waals surface area contributed by atoms with Gasteiger partial charge in [-0.05, 0) is 68.9 Å². The zero-order valence-corrected chi connectivity index (χ0v) is 25.9. The lowest BCUT2D eigenvalue weighted by Crippen LogP contribution is -2.57. The molecule has 2 aromatic carbocycles. The first-order valence-electron chi connectivity index (χ1n) is 14.0. The number of nitrogens with two attached hydrogens (primary N) is 1. The molecule has 0 spiro atoms. The summed E-state index contributed by atoms with van der Waals surface area (Å²) in [5.41, 5.74) is 6.67. The number of hydrogen-bond acceptors (Lipinski definition) is 9. The van der Waals surface area contributed by atoms with E-state index in [1.165, 1.54) is 56.3 Å². The van der Waals surface area contributed by atoms with Crippen LogP contribution in [0, 0.1) is 5.92 Å².